The van der Waals surface area contributed by atoms with E-state index in [4.69, 9.17) is 18.9 Å². The number of hydrogen-bond acceptors (Lipinski definition) is 5. The first-order valence-electron chi connectivity index (χ1n) is 14.5. The molecule has 0 fully saturated rings. The van der Waals surface area contributed by atoms with Crippen LogP contribution >= 0.6 is 0 Å². The topological polar surface area (TPSA) is 44.0 Å². The van der Waals surface area contributed by atoms with Gasteiger partial charge in [0.25, 0.3) is 0 Å². The zero-order valence-corrected chi connectivity index (χ0v) is 24.7. The van der Waals surface area contributed by atoms with Crippen LogP contribution in [0.15, 0.2) is 30.5 Å². The molecule has 0 radical (unpaired) electrons. The van der Waals surface area contributed by atoms with E-state index in [1.54, 1.807) is 14.2 Å². The van der Waals surface area contributed by atoms with Gasteiger partial charge in [-0.1, -0.05) is 52.4 Å². The van der Waals surface area contributed by atoms with Crippen molar-refractivity contribution in [3.05, 3.63) is 36.0 Å². The van der Waals surface area contributed by atoms with Crippen LogP contribution in [0.4, 0.5) is 5.69 Å². The molecule has 0 saturated heterocycles. The summed E-state index contributed by atoms with van der Waals surface area (Å²) in [5.74, 6) is 3.28. The van der Waals surface area contributed by atoms with Crippen LogP contribution in [0.3, 0.4) is 0 Å². The number of ether oxygens (including phenoxy) is 4. The number of rotatable bonds is 13. The highest BCUT2D eigenvalue weighted by Crippen LogP contribution is 2.45. The van der Waals surface area contributed by atoms with E-state index in [1.807, 2.05) is 0 Å². The standard InChI is InChI=1S/C32H43N2O4.ClH/c1-5-7-9-11-14-33(15-12-10-8-6-2)28-20-31(35-3)32(36-4)26-21-34-16-13-23-17-29-30(38-22-37-29)19-24(23)27(34)18-25(26)28;/h17-21H,5-16,22H2,1-4H3;1H/q+1;/p-1. The molecule has 2 aliphatic rings. The minimum Gasteiger partial charge on any atom is -1.00 e. The summed E-state index contributed by atoms with van der Waals surface area (Å²) in [7, 11) is 3.48. The van der Waals surface area contributed by atoms with Gasteiger partial charge < -0.3 is 36.3 Å². The number of hydrogen-bond donors (Lipinski definition) is 0. The Morgan fingerprint density at radius 2 is 1.51 bits per heavy atom. The van der Waals surface area contributed by atoms with Crippen molar-refractivity contribution in [3.63, 3.8) is 0 Å². The number of aryl methyl sites for hydroxylation is 2. The van der Waals surface area contributed by atoms with E-state index in [2.05, 4.69) is 53.8 Å². The molecule has 1 aromatic heterocycles. The van der Waals surface area contributed by atoms with Gasteiger partial charge in [-0.2, -0.15) is 4.57 Å². The van der Waals surface area contributed by atoms with Gasteiger partial charge in [-0.25, -0.2) is 0 Å². The van der Waals surface area contributed by atoms with Crippen LogP contribution in [0, 0.1) is 0 Å². The van der Waals surface area contributed by atoms with Gasteiger partial charge in [0.1, 0.15) is 0 Å². The van der Waals surface area contributed by atoms with Crippen LogP contribution < -0.4 is 40.8 Å². The molecule has 212 valence electrons. The predicted octanol–water partition coefficient (Wildman–Crippen LogP) is 4.07. The lowest BCUT2D eigenvalue weighted by molar-refractivity contribution is -0.686. The second-order valence-electron chi connectivity index (χ2n) is 10.5. The predicted molar refractivity (Wildman–Crippen MR) is 153 cm³/mol. The number of pyridine rings is 1. The number of aromatic nitrogens is 1. The molecule has 0 spiro atoms. The normalized spacial score (nSPS) is 13.0. The molecule has 0 amide bonds. The third kappa shape index (κ3) is 6.01. The Labute approximate surface area is 239 Å². The lowest BCUT2D eigenvalue weighted by Crippen LogP contribution is -3.00. The number of benzene rings is 2. The summed E-state index contributed by atoms with van der Waals surface area (Å²) in [6, 6.07) is 8.87. The Balaban J connectivity index is 0.00000353. The van der Waals surface area contributed by atoms with E-state index in [0.29, 0.717) is 6.79 Å². The summed E-state index contributed by atoms with van der Waals surface area (Å²) < 4.78 is 25.6. The molecular formula is C32H43ClN2O4. The molecule has 3 heterocycles. The van der Waals surface area contributed by atoms with Crippen molar-refractivity contribution in [2.75, 3.05) is 39.0 Å². The van der Waals surface area contributed by atoms with Gasteiger partial charge in [-0.3, -0.25) is 0 Å². The van der Waals surface area contributed by atoms with E-state index >= 15 is 0 Å². The minimum atomic E-state index is 0. The largest absolute Gasteiger partial charge is 1.00 e. The van der Waals surface area contributed by atoms with Crippen molar-refractivity contribution in [2.24, 2.45) is 0 Å². The molecule has 5 rings (SSSR count). The lowest BCUT2D eigenvalue weighted by atomic mass is 9.94. The first-order chi connectivity index (χ1) is 18.7. The van der Waals surface area contributed by atoms with Gasteiger partial charge in [-0.05, 0) is 30.5 Å². The van der Waals surface area contributed by atoms with Crippen LogP contribution in [0.25, 0.3) is 22.0 Å². The maximum absolute atomic E-state index is 5.94. The number of methoxy groups -OCH3 is 2. The van der Waals surface area contributed by atoms with Crippen LogP contribution in [-0.2, 0) is 13.0 Å². The number of anilines is 1. The molecule has 39 heavy (non-hydrogen) atoms. The van der Waals surface area contributed by atoms with Crippen LogP contribution in [0.2, 0.25) is 0 Å². The fourth-order valence-corrected chi connectivity index (χ4v) is 5.91. The summed E-state index contributed by atoms with van der Waals surface area (Å²) in [5, 5.41) is 2.31. The molecule has 0 N–H and O–H groups in total. The van der Waals surface area contributed by atoms with Crippen LogP contribution in [0.5, 0.6) is 23.0 Å². The van der Waals surface area contributed by atoms with Crippen molar-refractivity contribution in [3.8, 4) is 34.3 Å². The summed E-state index contributed by atoms with van der Waals surface area (Å²) in [4.78, 5) is 2.59. The third-order valence-corrected chi connectivity index (χ3v) is 8.00. The van der Waals surface area contributed by atoms with Gasteiger partial charge in [0.15, 0.2) is 35.7 Å². The van der Waals surface area contributed by atoms with Crippen molar-refractivity contribution in [1.29, 1.82) is 0 Å². The van der Waals surface area contributed by atoms with E-state index < -0.39 is 0 Å². The highest BCUT2D eigenvalue weighted by atomic mass is 35.5. The van der Waals surface area contributed by atoms with Crippen molar-refractivity contribution < 1.29 is 35.9 Å². The van der Waals surface area contributed by atoms with Gasteiger partial charge in [-0.15, -0.1) is 0 Å². The Hall–Kier alpha value is -2.86. The van der Waals surface area contributed by atoms with Gasteiger partial charge >= 0.3 is 0 Å². The van der Waals surface area contributed by atoms with E-state index in [0.717, 1.165) is 54.4 Å². The fraction of sp³-hybridized carbons (Fsp3) is 0.531. The number of nitrogens with zero attached hydrogens (tertiary/aromatic N) is 2. The van der Waals surface area contributed by atoms with Gasteiger partial charge in [0.05, 0.1) is 25.2 Å². The summed E-state index contributed by atoms with van der Waals surface area (Å²) >= 11 is 0. The average molecular weight is 555 g/mol. The average Bonchev–Trinajstić information content (AvgIpc) is 3.41. The molecular weight excluding hydrogens is 512 g/mol. The van der Waals surface area contributed by atoms with Crippen molar-refractivity contribution >= 4 is 16.5 Å². The molecule has 0 saturated carbocycles. The molecule has 6 nitrogen and oxygen atoms in total. The summed E-state index contributed by atoms with van der Waals surface area (Å²) in [5.41, 5.74) is 4.98. The van der Waals surface area contributed by atoms with Crippen LogP contribution in [-0.4, -0.2) is 34.1 Å². The molecule has 0 aliphatic carbocycles. The second kappa shape index (κ2) is 13.5. The fourth-order valence-electron chi connectivity index (χ4n) is 5.91. The first-order valence-corrected chi connectivity index (χ1v) is 14.5. The molecule has 0 bridgehead atoms. The zero-order valence-electron chi connectivity index (χ0n) is 24.0. The van der Waals surface area contributed by atoms with Gasteiger partial charge in [0, 0.05) is 42.7 Å². The van der Waals surface area contributed by atoms with Crippen LogP contribution in [0.1, 0.15) is 70.8 Å². The maximum Gasteiger partial charge on any atom is 0.231 e. The first kappa shape index (κ1) is 29.1. The maximum atomic E-state index is 5.94. The summed E-state index contributed by atoms with van der Waals surface area (Å²) in [6.45, 7) is 7.85. The molecule has 2 aliphatic heterocycles. The van der Waals surface area contributed by atoms with Gasteiger partial charge in [0.2, 0.25) is 12.5 Å². The van der Waals surface area contributed by atoms with Crippen molar-refractivity contribution in [2.45, 2.75) is 78.2 Å². The Bertz CT molecular complexity index is 1270. The number of unbranched alkanes of at least 4 members (excludes halogenated alkanes) is 6. The number of fused-ring (bicyclic) bond motifs is 5. The minimum absolute atomic E-state index is 0. The molecule has 2 aromatic carbocycles. The monoisotopic (exact) mass is 554 g/mol. The molecule has 0 atom stereocenters. The molecule has 3 aromatic rings. The highest BCUT2D eigenvalue weighted by molar-refractivity contribution is 6.01. The number of halogens is 1. The van der Waals surface area contributed by atoms with E-state index in [1.165, 1.54) is 79.3 Å². The molecule has 0 unspecified atom stereocenters. The molecule has 7 heteroatoms. The SMILES string of the molecule is CCCCCCN(CCCCCC)c1cc(OC)c(OC)c2c[n+]3c(cc12)-c1cc2c(cc1CC3)OCO2.[Cl-]. The van der Waals surface area contributed by atoms with E-state index in [9.17, 15) is 0 Å². The Morgan fingerprint density at radius 1 is 0.821 bits per heavy atom. The Kier molecular flexibility index (Phi) is 10.1. The third-order valence-electron chi connectivity index (χ3n) is 8.00. The quantitative estimate of drug-likeness (QED) is 0.235. The lowest BCUT2D eigenvalue weighted by Gasteiger charge is -2.28. The van der Waals surface area contributed by atoms with E-state index in [-0.39, 0.29) is 12.4 Å². The van der Waals surface area contributed by atoms with Crippen molar-refractivity contribution in [1.82, 2.24) is 0 Å². The smallest absolute Gasteiger partial charge is 0.231 e. The Morgan fingerprint density at radius 3 is 2.15 bits per heavy atom. The summed E-state index contributed by atoms with van der Waals surface area (Å²) in [6.07, 6.45) is 13.2. The zero-order chi connectivity index (χ0) is 26.5. The highest BCUT2D eigenvalue weighted by Gasteiger charge is 2.30. The second-order valence-corrected chi connectivity index (χ2v) is 10.5.